The highest BCUT2D eigenvalue weighted by molar-refractivity contribution is 9.10. The maximum absolute atomic E-state index is 12.9. The van der Waals surface area contributed by atoms with Crippen molar-refractivity contribution in [2.45, 2.75) is 31.2 Å². The first kappa shape index (κ1) is 22.2. The van der Waals surface area contributed by atoms with E-state index in [1.165, 1.54) is 11.3 Å². The summed E-state index contributed by atoms with van der Waals surface area (Å²) in [6.45, 7) is 0.0775. The average molecular weight is 521 g/mol. The molecule has 0 spiro atoms. The molecule has 3 heterocycles. The van der Waals surface area contributed by atoms with E-state index in [0.717, 1.165) is 15.2 Å². The van der Waals surface area contributed by atoms with Gasteiger partial charge >= 0.3 is 5.97 Å². The number of aromatic nitrogens is 4. The number of benzene rings is 1. The number of hydrogen-bond acceptors (Lipinski definition) is 9. The Labute approximate surface area is 194 Å². The summed E-state index contributed by atoms with van der Waals surface area (Å²) in [6.07, 6.45) is 0.0826. The summed E-state index contributed by atoms with van der Waals surface area (Å²) >= 11 is 4.75. The van der Waals surface area contributed by atoms with Crippen molar-refractivity contribution in [1.82, 2.24) is 30.4 Å². The van der Waals surface area contributed by atoms with Gasteiger partial charge in [0.25, 0.3) is 5.91 Å². The van der Waals surface area contributed by atoms with Gasteiger partial charge in [0.05, 0.1) is 35.3 Å². The molecule has 0 bridgehead atoms. The predicted molar refractivity (Wildman–Crippen MR) is 115 cm³/mol. The molecule has 0 unspecified atom stereocenters. The minimum atomic E-state index is -1.23. The van der Waals surface area contributed by atoms with Gasteiger partial charge in [-0.25, -0.2) is 19.9 Å². The zero-order valence-electron chi connectivity index (χ0n) is 16.4. The number of carboxylic acids is 1. The van der Waals surface area contributed by atoms with Crippen LogP contribution in [0.2, 0.25) is 0 Å². The summed E-state index contributed by atoms with van der Waals surface area (Å²) < 4.78 is 7.48. The van der Waals surface area contributed by atoms with Crippen LogP contribution in [0.4, 0.5) is 0 Å². The van der Waals surface area contributed by atoms with Gasteiger partial charge in [0, 0.05) is 16.3 Å². The van der Waals surface area contributed by atoms with Crippen LogP contribution in [0, 0.1) is 0 Å². The number of hydrazine groups is 1. The number of rotatable bonds is 10. The largest absolute Gasteiger partial charge is 0.479 e. The second-order valence-corrected chi connectivity index (χ2v) is 8.51. The van der Waals surface area contributed by atoms with E-state index in [9.17, 15) is 14.4 Å². The van der Waals surface area contributed by atoms with Crippen LogP contribution < -0.4 is 5.43 Å². The van der Waals surface area contributed by atoms with Crippen molar-refractivity contribution < 1.29 is 24.2 Å². The quantitative estimate of drug-likeness (QED) is 0.227. The van der Waals surface area contributed by atoms with Gasteiger partial charge in [0.1, 0.15) is 12.3 Å². The van der Waals surface area contributed by atoms with Crippen LogP contribution in [0.25, 0.3) is 5.69 Å². The summed E-state index contributed by atoms with van der Waals surface area (Å²) in [7, 11) is 0. The molecule has 0 aliphatic carbocycles. The van der Waals surface area contributed by atoms with Crippen LogP contribution in [0.1, 0.15) is 11.4 Å². The first-order valence-corrected chi connectivity index (χ1v) is 11.1. The Balaban J connectivity index is 1.48. The predicted octanol–water partition coefficient (Wildman–Crippen LogP) is 0.982. The standard InChI is InChI=1S/C19H17BrN6O5S/c20-11-1-3-14(4-2-11)25-7-13(23-24-25)6-22-26(18(28)16-17(31-16)19(29)30)15(8-27)5-12-9-32-10-21-12/h1-4,7-10,15-17,22H,5-6H2,(H,29,30)/t15-,16-,17-/m0/s1. The number of ether oxygens (including phenoxy) is 1. The molecule has 2 aromatic heterocycles. The van der Waals surface area contributed by atoms with Crippen LogP contribution in [0.3, 0.4) is 0 Å². The second-order valence-electron chi connectivity index (χ2n) is 6.88. The lowest BCUT2D eigenvalue weighted by molar-refractivity contribution is -0.142. The number of aldehydes is 1. The number of carboxylic acid groups (broad SMARTS) is 1. The number of hydrogen-bond donors (Lipinski definition) is 2. The van der Waals surface area contributed by atoms with Crippen molar-refractivity contribution in [2.24, 2.45) is 0 Å². The van der Waals surface area contributed by atoms with E-state index in [0.29, 0.717) is 17.7 Å². The SMILES string of the molecule is O=C[C@H](Cc1cscn1)N(NCc1cn(-c2ccc(Br)cc2)nn1)C(=O)[C@H]1O[C@@H]1C(=O)O. The molecule has 1 aromatic carbocycles. The number of halogens is 1. The van der Waals surface area contributed by atoms with E-state index in [2.05, 4.69) is 36.7 Å². The minimum absolute atomic E-state index is 0.0775. The summed E-state index contributed by atoms with van der Waals surface area (Å²) in [4.78, 5) is 40.0. The van der Waals surface area contributed by atoms with E-state index < -0.39 is 30.1 Å². The Bertz CT molecular complexity index is 1110. The summed E-state index contributed by atoms with van der Waals surface area (Å²) in [5.41, 5.74) is 6.46. The zero-order valence-corrected chi connectivity index (χ0v) is 18.8. The summed E-state index contributed by atoms with van der Waals surface area (Å²) in [6, 6.07) is 6.55. The molecule has 3 aromatic rings. The smallest absolute Gasteiger partial charge is 0.336 e. The molecule has 1 aliphatic heterocycles. The Morgan fingerprint density at radius 3 is 2.72 bits per heavy atom. The van der Waals surface area contributed by atoms with Crippen LogP contribution in [0.5, 0.6) is 0 Å². The molecule has 0 saturated carbocycles. The van der Waals surface area contributed by atoms with Gasteiger partial charge in [-0.15, -0.1) is 16.4 Å². The van der Waals surface area contributed by atoms with Crippen LogP contribution >= 0.6 is 27.3 Å². The van der Waals surface area contributed by atoms with Gasteiger partial charge in [-0.1, -0.05) is 21.1 Å². The molecule has 0 radical (unpaired) electrons. The van der Waals surface area contributed by atoms with E-state index in [1.54, 1.807) is 21.8 Å². The van der Waals surface area contributed by atoms with Gasteiger partial charge in [0.2, 0.25) is 0 Å². The van der Waals surface area contributed by atoms with E-state index >= 15 is 0 Å². The third-order valence-electron chi connectivity index (χ3n) is 4.67. The molecule has 1 fully saturated rings. The Morgan fingerprint density at radius 1 is 1.31 bits per heavy atom. The highest BCUT2D eigenvalue weighted by Gasteiger charge is 2.53. The van der Waals surface area contributed by atoms with Gasteiger partial charge in [-0.3, -0.25) is 9.80 Å². The van der Waals surface area contributed by atoms with Crippen molar-refractivity contribution in [3.63, 3.8) is 0 Å². The Hall–Kier alpha value is -3.00. The molecule has 3 atom stereocenters. The lowest BCUT2D eigenvalue weighted by Crippen LogP contribution is -2.53. The Kier molecular flexibility index (Phi) is 6.69. The monoisotopic (exact) mass is 520 g/mol. The number of nitrogens with zero attached hydrogens (tertiary/aromatic N) is 5. The minimum Gasteiger partial charge on any atom is -0.479 e. The molecular weight excluding hydrogens is 504 g/mol. The fraction of sp³-hybridized carbons (Fsp3) is 0.263. The van der Waals surface area contributed by atoms with Crippen LogP contribution in [-0.2, 0) is 32.1 Å². The number of epoxide rings is 1. The van der Waals surface area contributed by atoms with Crippen LogP contribution in [0.15, 0.2) is 45.8 Å². The lowest BCUT2D eigenvalue weighted by atomic mass is 10.1. The first-order chi connectivity index (χ1) is 15.5. The normalized spacial score (nSPS) is 18.2. The molecule has 166 valence electrons. The number of carbonyl (C=O) groups is 3. The number of aliphatic carboxylic acids is 1. The van der Waals surface area contributed by atoms with Gasteiger partial charge in [-0.2, -0.15) is 0 Å². The molecule has 11 nitrogen and oxygen atoms in total. The zero-order chi connectivity index (χ0) is 22.7. The van der Waals surface area contributed by atoms with E-state index in [1.807, 2.05) is 24.3 Å². The van der Waals surface area contributed by atoms with Crippen molar-refractivity contribution in [3.05, 3.63) is 57.2 Å². The lowest BCUT2D eigenvalue weighted by Gasteiger charge is -2.27. The maximum atomic E-state index is 12.9. The van der Waals surface area contributed by atoms with Crippen molar-refractivity contribution in [1.29, 1.82) is 0 Å². The molecule has 1 saturated heterocycles. The number of carbonyl (C=O) groups excluding carboxylic acids is 2. The topological polar surface area (TPSA) is 143 Å². The second kappa shape index (κ2) is 9.65. The average Bonchev–Trinajstić information content (AvgIpc) is 3.18. The first-order valence-electron chi connectivity index (χ1n) is 9.40. The molecule has 2 N–H and O–H groups in total. The van der Waals surface area contributed by atoms with Crippen molar-refractivity contribution >= 4 is 45.4 Å². The van der Waals surface area contributed by atoms with Gasteiger partial charge in [-0.05, 0) is 24.3 Å². The highest BCUT2D eigenvalue weighted by atomic mass is 79.9. The van der Waals surface area contributed by atoms with Crippen LogP contribution in [-0.4, -0.2) is 66.5 Å². The molecule has 32 heavy (non-hydrogen) atoms. The Morgan fingerprint density at radius 2 is 2.09 bits per heavy atom. The molecule has 4 rings (SSSR count). The van der Waals surface area contributed by atoms with Gasteiger partial charge in [0.15, 0.2) is 12.2 Å². The number of thiazole rings is 1. The molecular formula is C19H17BrN6O5S. The molecule has 13 heteroatoms. The summed E-state index contributed by atoms with van der Waals surface area (Å²) in [5, 5.41) is 20.1. The fourth-order valence-electron chi connectivity index (χ4n) is 3.00. The van der Waals surface area contributed by atoms with E-state index in [4.69, 9.17) is 9.84 Å². The number of amides is 1. The number of nitrogens with one attached hydrogen (secondary N) is 1. The fourth-order valence-corrected chi connectivity index (χ4v) is 3.84. The van der Waals surface area contributed by atoms with Crippen molar-refractivity contribution in [2.75, 3.05) is 0 Å². The highest BCUT2D eigenvalue weighted by Crippen LogP contribution is 2.25. The molecule has 1 aliphatic rings. The van der Waals surface area contributed by atoms with Crippen molar-refractivity contribution in [3.8, 4) is 5.69 Å². The third kappa shape index (κ3) is 5.07. The van der Waals surface area contributed by atoms with Gasteiger partial charge < -0.3 is 14.6 Å². The third-order valence-corrected chi connectivity index (χ3v) is 5.83. The maximum Gasteiger partial charge on any atom is 0.336 e. The van der Waals surface area contributed by atoms with E-state index in [-0.39, 0.29) is 13.0 Å². The summed E-state index contributed by atoms with van der Waals surface area (Å²) in [5.74, 6) is -1.88. The molecule has 1 amide bonds.